The van der Waals surface area contributed by atoms with E-state index in [4.69, 9.17) is 10.2 Å². The monoisotopic (exact) mass is 888 g/mol. The molecule has 7 heteroatoms. The van der Waals surface area contributed by atoms with Crippen LogP contribution in [0.1, 0.15) is 27.7 Å². The van der Waals surface area contributed by atoms with Crippen LogP contribution in [0.25, 0.3) is 0 Å². The molecule has 0 aliphatic rings. The van der Waals surface area contributed by atoms with Crippen molar-refractivity contribution >= 4 is 15.5 Å². The minimum absolute atomic E-state index is 0. The third-order valence-corrected chi connectivity index (χ3v) is 0. The van der Waals surface area contributed by atoms with Crippen molar-refractivity contribution in [1.82, 2.24) is 0 Å². The first-order chi connectivity index (χ1) is 4.83. The first-order valence-corrected chi connectivity index (χ1v) is 3.38. The molecule has 15 heavy (non-hydrogen) atoms. The maximum Gasteiger partial charge on any atom is 0.0402 e. The van der Waals surface area contributed by atoms with E-state index in [2.05, 4.69) is 15.5 Å². The molecule has 0 rings (SSSR count). The third kappa shape index (κ3) is 387. The van der Waals surface area contributed by atoms with Crippen LogP contribution >= 0.6 is 0 Å². The van der Waals surface area contributed by atoms with Crippen LogP contribution in [0.2, 0.25) is 0 Å². The van der Waals surface area contributed by atoms with E-state index >= 15 is 0 Å². The molecule has 0 heterocycles. The molecule has 0 saturated heterocycles. The van der Waals surface area contributed by atoms with Crippen molar-refractivity contribution in [2.75, 3.05) is 13.2 Å². The molecule has 0 aliphatic carbocycles. The van der Waals surface area contributed by atoms with Gasteiger partial charge in [0.2, 0.25) is 0 Å². The van der Waals surface area contributed by atoms with Gasteiger partial charge in [-0.05, 0) is 13.8 Å². The van der Waals surface area contributed by atoms with E-state index in [1.165, 1.54) is 0 Å². The van der Waals surface area contributed by atoms with Crippen LogP contribution in [-0.2, 0) is 0 Å². The predicted octanol–water partition coefficient (Wildman–Crippen LogP) is 1.16. The molecule has 0 fully saturated rings. The van der Waals surface area contributed by atoms with Crippen molar-refractivity contribution in [2.45, 2.75) is 27.7 Å². The van der Waals surface area contributed by atoms with Gasteiger partial charge in [-0.3, -0.25) is 0 Å². The molecule has 0 atom stereocenters. The Morgan fingerprint density at radius 3 is 0.733 bits per heavy atom. The van der Waals surface area contributed by atoms with Gasteiger partial charge in [-0.25, -0.2) is 0 Å². The number of hydrogen-bond donors (Lipinski definition) is 2. The fraction of sp³-hybridized carbons (Fsp3) is 0.750. The molecular weight excluding hydrogens is 864 g/mol. The van der Waals surface area contributed by atoms with E-state index in [1.807, 2.05) is 13.8 Å². The second-order valence-corrected chi connectivity index (χ2v) is 0.632. The minimum Gasteiger partial charge on any atom is -0.397 e. The van der Waals surface area contributed by atoms with Crippen LogP contribution in [0.4, 0.5) is 0 Å². The summed E-state index contributed by atoms with van der Waals surface area (Å²) in [5, 5.41) is 15.1. The normalized spacial score (nSPS) is 3.07. The number of rotatable bonds is 0. The first kappa shape index (κ1) is 63.6. The fourth-order valence-corrected chi connectivity index (χ4v) is 0. The summed E-state index contributed by atoms with van der Waals surface area (Å²) in [6, 6.07) is 0. The molecule has 0 unspecified atom stereocenters. The number of aliphatic hydroxyl groups is 2. The molecule has 88 valence electrons. The quantitative estimate of drug-likeness (QED) is 0.284. The molecule has 0 amide bonds. The molecule has 0 spiro atoms. The molecule has 2 N–H and O–H groups in total. The van der Waals surface area contributed by atoms with Crippen molar-refractivity contribution < 1.29 is 104 Å². The van der Waals surface area contributed by atoms with Crippen LogP contribution in [0.15, 0.2) is 0 Å². The summed E-state index contributed by atoms with van der Waals surface area (Å²) >= 11 is 0. The van der Waals surface area contributed by atoms with Gasteiger partial charge < -0.3 is 25.1 Å². The molecule has 4 radical (unpaired) electrons. The summed E-state index contributed by atoms with van der Waals surface area (Å²) in [5.41, 5.74) is 0. The topological polar surface area (TPSA) is 40.5 Å². The van der Waals surface area contributed by atoms with Crippen LogP contribution in [-0.4, -0.2) is 38.9 Å². The summed E-state index contributed by atoms with van der Waals surface area (Å²) in [6.07, 6.45) is 0. The van der Waals surface area contributed by atoms with E-state index in [0.717, 1.165) is 0 Å². The van der Waals surface area contributed by atoms with Crippen LogP contribution in [0.3, 0.4) is 0 Å². The maximum absolute atomic E-state index is 7.57. The van der Waals surface area contributed by atoms with Gasteiger partial charge in [-0.15, -0.1) is 0 Å². The van der Waals surface area contributed by atoms with Gasteiger partial charge in [0.1, 0.15) is 0 Å². The first-order valence-electron chi connectivity index (χ1n) is 3.38. The van der Waals surface area contributed by atoms with E-state index in [9.17, 15) is 0 Å². The van der Waals surface area contributed by atoms with E-state index < -0.39 is 0 Å². The smallest absolute Gasteiger partial charge is 0.0402 e. The van der Waals surface area contributed by atoms with Gasteiger partial charge in [0.25, 0.3) is 0 Å². The number of hydrogen-bond acceptors (Lipinski definition) is 2. The van der Waals surface area contributed by atoms with Crippen LogP contribution in [0.5, 0.6) is 0 Å². The summed E-state index contributed by atoms with van der Waals surface area (Å²) in [6.45, 7) is 7.86. The summed E-state index contributed by atoms with van der Waals surface area (Å²) in [5.74, 6) is 0. The Hall–Kier alpha value is 3.21. The van der Waals surface area contributed by atoms with Gasteiger partial charge in [-0.1, -0.05) is 13.8 Å². The molecule has 0 aliphatic heterocycles. The van der Waals surface area contributed by atoms with Gasteiger partial charge in [0, 0.05) is 122 Å². The van der Waals surface area contributed by atoms with E-state index in [1.54, 1.807) is 13.8 Å². The Morgan fingerprint density at radius 2 is 0.733 bits per heavy atom. The Bertz CT molecular complexity index is 27.8. The maximum atomic E-state index is 7.57. The van der Waals surface area contributed by atoms with Gasteiger partial charge >= 0.3 is 0 Å². The van der Waals surface area contributed by atoms with E-state index in [0.29, 0.717) is 0 Å². The molecule has 0 saturated carbocycles. The standard InChI is InChI=1S/2C2H6O.C2H6.2CH3.B2.3U/c2*1-2-3;1-2;;;1-2;;;/h2*3H,2H2,1H3;1-2H3;2*1H3;;;;/q;;;2*-1;;;;. The van der Waals surface area contributed by atoms with Crippen molar-refractivity contribution in [3.05, 3.63) is 14.9 Å². The van der Waals surface area contributed by atoms with Crippen molar-refractivity contribution in [3.8, 4) is 0 Å². The zero-order valence-corrected chi connectivity index (χ0v) is 23.5. The zero-order chi connectivity index (χ0) is 9.41. The zero-order valence-electron chi connectivity index (χ0n) is 11.0. The summed E-state index contributed by atoms with van der Waals surface area (Å²) in [4.78, 5) is 0. The second-order valence-electron chi connectivity index (χ2n) is 0.632. The molecule has 2 nitrogen and oxygen atoms in total. The predicted molar refractivity (Wildman–Crippen MR) is 61.2 cm³/mol. The molecule has 0 aromatic carbocycles. The molecular formula is C8H24B2O2U3-2. The minimum atomic E-state index is 0. The summed E-state index contributed by atoms with van der Waals surface area (Å²) in [7, 11) is 8.00. The average Bonchev–Trinajstić information content (AvgIpc) is 1.99. The van der Waals surface area contributed by atoms with Gasteiger partial charge in [0.05, 0.1) is 0 Å². The third-order valence-electron chi connectivity index (χ3n) is 0. The average molecular weight is 888 g/mol. The molecule has 0 aromatic rings. The van der Waals surface area contributed by atoms with Crippen molar-refractivity contribution in [1.29, 1.82) is 0 Å². The van der Waals surface area contributed by atoms with Gasteiger partial charge in [-0.2, -0.15) is 0 Å². The SMILES string of the molecule is CC.CCO.CCO.[B][B].[CH3-].[CH3-].[U].[U].[U]. The Labute approximate surface area is 172 Å². The van der Waals surface area contributed by atoms with Crippen molar-refractivity contribution in [2.24, 2.45) is 0 Å². The Kier molecular flexibility index (Phi) is 707. The second kappa shape index (κ2) is 167. The van der Waals surface area contributed by atoms with Crippen LogP contribution in [0, 0.1) is 108 Å². The summed E-state index contributed by atoms with van der Waals surface area (Å²) < 4.78 is 0. The molecule has 0 aromatic heterocycles. The largest absolute Gasteiger partial charge is 0.397 e. The Morgan fingerprint density at radius 1 is 0.733 bits per heavy atom. The fourth-order valence-electron chi connectivity index (χ4n) is 0. The number of aliphatic hydroxyl groups excluding tert-OH is 2. The Balaban J connectivity index is -0.00000000418. The van der Waals surface area contributed by atoms with E-state index in [-0.39, 0.29) is 121 Å². The molecule has 0 bridgehead atoms. The van der Waals surface area contributed by atoms with Gasteiger partial charge in [0.15, 0.2) is 0 Å². The van der Waals surface area contributed by atoms with Crippen molar-refractivity contribution in [3.63, 3.8) is 0 Å². The van der Waals surface area contributed by atoms with Crippen LogP contribution < -0.4 is 0 Å².